The lowest BCUT2D eigenvalue weighted by atomic mass is 9.91. The van der Waals surface area contributed by atoms with E-state index in [1.807, 2.05) is 54.7 Å². The van der Waals surface area contributed by atoms with E-state index in [9.17, 15) is 8.42 Å². The van der Waals surface area contributed by atoms with Crippen LogP contribution in [0.25, 0.3) is 10.9 Å². The Morgan fingerprint density at radius 3 is 2.54 bits per heavy atom. The van der Waals surface area contributed by atoms with E-state index in [1.54, 1.807) is 6.92 Å². The Labute approximate surface area is 146 Å². The second kappa shape index (κ2) is 6.97. The normalized spacial score (nSPS) is 13.2. The maximum absolute atomic E-state index is 11.9. The Kier molecular flexibility index (Phi) is 4.94. The molecule has 2 aromatic carbocycles. The van der Waals surface area contributed by atoms with Gasteiger partial charge in [-0.25, -0.2) is 13.1 Å². The van der Waals surface area contributed by atoms with Crippen molar-refractivity contribution in [2.75, 3.05) is 12.3 Å². The zero-order chi connectivity index (χ0) is 17.2. The summed E-state index contributed by atoms with van der Waals surface area (Å²) < 4.78 is 26.5. The van der Waals surface area contributed by atoms with Crippen LogP contribution < -0.4 is 4.72 Å². The average molecular weight is 363 g/mol. The third-order valence-electron chi connectivity index (χ3n) is 4.16. The predicted octanol–water partition coefficient (Wildman–Crippen LogP) is 3.89. The number of H-pyrrole nitrogens is 1. The SMILES string of the molecule is CCS(=O)(=O)NC[C@H](c1ccccc1Cl)c1c[nH]c2ccccc12. The first-order valence-electron chi connectivity index (χ1n) is 7.79. The molecule has 1 aromatic heterocycles. The van der Waals surface area contributed by atoms with Gasteiger partial charge in [0.1, 0.15) is 0 Å². The fourth-order valence-corrected chi connectivity index (χ4v) is 3.73. The zero-order valence-electron chi connectivity index (χ0n) is 13.3. The first kappa shape index (κ1) is 17.0. The number of aromatic nitrogens is 1. The molecule has 0 bridgehead atoms. The first-order valence-corrected chi connectivity index (χ1v) is 9.82. The van der Waals surface area contributed by atoms with Gasteiger partial charge in [0.25, 0.3) is 0 Å². The molecule has 0 fully saturated rings. The molecule has 0 aliphatic carbocycles. The van der Waals surface area contributed by atoms with Gasteiger partial charge in [0.2, 0.25) is 10.0 Å². The van der Waals surface area contributed by atoms with Crippen LogP contribution in [0.1, 0.15) is 24.0 Å². The molecule has 24 heavy (non-hydrogen) atoms. The molecular weight excluding hydrogens is 344 g/mol. The summed E-state index contributed by atoms with van der Waals surface area (Å²) in [6.45, 7) is 1.89. The molecule has 0 aliphatic rings. The molecule has 0 unspecified atom stereocenters. The molecule has 6 heteroatoms. The molecule has 1 heterocycles. The van der Waals surface area contributed by atoms with Gasteiger partial charge >= 0.3 is 0 Å². The number of nitrogens with one attached hydrogen (secondary N) is 2. The van der Waals surface area contributed by atoms with Crippen molar-refractivity contribution in [2.24, 2.45) is 0 Å². The van der Waals surface area contributed by atoms with Gasteiger partial charge in [-0.2, -0.15) is 0 Å². The summed E-state index contributed by atoms with van der Waals surface area (Å²) >= 11 is 6.38. The highest BCUT2D eigenvalue weighted by atomic mass is 35.5. The summed E-state index contributed by atoms with van der Waals surface area (Å²) in [5, 5.41) is 1.70. The van der Waals surface area contributed by atoms with Crippen LogP contribution >= 0.6 is 11.6 Å². The van der Waals surface area contributed by atoms with Crippen LogP contribution in [0.15, 0.2) is 54.7 Å². The molecule has 0 aliphatic heterocycles. The molecule has 3 rings (SSSR count). The molecule has 126 valence electrons. The summed E-state index contributed by atoms with van der Waals surface area (Å²) in [6, 6.07) is 15.5. The molecule has 0 saturated heterocycles. The third-order valence-corrected chi connectivity index (χ3v) is 5.88. The van der Waals surface area contributed by atoms with E-state index in [1.165, 1.54) is 0 Å². The minimum Gasteiger partial charge on any atom is -0.361 e. The topological polar surface area (TPSA) is 62.0 Å². The lowest BCUT2D eigenvalue weighted by Crippen LogP contribution is -2.30. The van der Waals surface area contributed by atoms with Crippen molar-refractivity contribution >= 4 is 32.5 Å². The zero-order valence-corrected chi connectivity index (χ0v) is 14.9. The Bertz CT molecular complexity index is 950. The van der Waals surface area contributed by atoms with E-state index in [-0.39, 0.29) is 18.2 Å². The first-order chi connectivity index (χ1) is 11.5. The van der Waals surface area contributed by atoms with Gasteiger partial charge in [0.05, 0.1) is 5.75 Å². The molecule has 3 aromatic rings. The smallest absolute Gasteiger partial charge is 0.211 e. The largest absolute Gasteiger partial charge is 0.361 e. The van der Waals surface area contributed by atoms with Crippen molar-refractivity contribution in [1.82, 2.24) is 9.71 Å². The maximum atomic E-state index is 11.9. The van der Waals surface area contributed by atoms with E-state index in [0.29, 0.717) is 5.02 Å². The van der Waals surface area contributed by atoms with Crippen molar-refractivity contribution in [1.29, 1.82) is 0 Å². The minimum absolute atomic E-state index is 0.0517. The number of hydrogen-bond donors (Lipinski definition) is 2. The summed E-state index contributed by atoms with van der Waals surface area (Å²) in [4.78, 5) is 3.25. The molecule has 0 spiro atoms. The van der Waals surface area contributed by atoms with Gasteiger partial charge in [0, 0.05) is 34.6 Å². The van der Waals surface area contributed by atoms with E-state index >= 15 is 0 Å². The second-order valence-electron chi connectivity index (χ2n) is 5.62. The van der Waals surface area contributed by atoms with Crippen molar-refractivity contribution in [2.45, 2.75) is 12.8 Å². The molecule has 4 nitrogen and oxygen atoms in total. The van der Waals surface area contributed by atoms with E-state index in [4.69, 9.17) is 11.6 Å². The van der Waals surface area contributed by atoms with Crippen LogP contribution in [0.3, 0.4) is 0 Å². The highest BCUT2D eigenvalue weighted by Gasteiger charge is 2.22. The number of aromatic amines is 1. The van der Waals surface area contributed by atoms with Gasteiger partial charge in [-0.1, -0.05) is 48.0 Å². The fourth-order valence-electron chi connectivity index (χ4n) is 2.84. The Balaban J connectivity index is 2.07. The average Bonchev–Trinajstić information content (AvgIpc) is 3.01. The highest BCUT2D eigenvalue weighted by Crippen LogP contribution is 2.34. The Hall–Kier alpha value is -1.82. The highest BCUT2D eigenvalue weighted by molar-refractivity contribution is 7.89. The van der Waals surface area contributed by atoms with Crippen LogP contribution in [0.5, 0.6) is 0 Å². The Morgan fingerprint density at radius 1 is 1.08 bits per heavy atom. The lowest BCUT2D eigenvalue weighted by molar-refractivity contribution is 0.579. The van der Waals surface area contributed by atoms with Crippen molar-refractivity contribution in [3.05, 3.63) is 70.9 Å². The van der Waals surface area contributed by atoms with Gasteiger partial charge in [-0.15, -0.1) is 0 Å². The van der Waals surface area contributed by atoms with E-state index < -0.39 is 10.0 Å². The van der Waals surface area contributed by atoms with Crippen molar-refractivity contribution in [3.8, 4) is 0 Å². The van der Waals surface area contributed by atoms with Gasteiger partial charge in [0.15, 0.2) is 0 Å². The third kappa shape index (κ3) is 3.48. The minimum atomic E-state index is -3.28. The molecule has 2 N–H and O–H groups in total. The van der Waals surface area contributed by atoms with E-state index in [2.05, 4.69) is 9.71 Å². The van der Waals surface area contributed by atoms with Crippen LogP contribution in [0.2, 0.25) is 5.02 Å². The standard InChI is InChI=1S/C18H19ClN2O2S/c1-2-24(22,23)21-12-16(13-7-3-5-9-17(13)19)15-11-20-18-10-6-4-8-14(15)18/h3-11,16,20-21H,2,12H2,1H3/t16-/m1/s1. The lowest BCUT2D eigenvalue weighted by Gasteiger charge is -2.19. The number of fused-ring (bicyclic) bond motifs is 1. The maximum Gasteiger partial charge on any atom is 0.211 e. The number of para-hydroxylation sites is 1. The quantitative estimate of drug-likeness (QED) is 0.698. The van der Waals surface area contributed by atoms with Crippen molar-refractivity contribution < 1.29 is 8.42 Å². The van der Waals surface area contributed by atoms with Crippen molar-refractivity contribution in [3.63, 3.8) is 0 Å². The van der Waals surface area contributed by atoms with Crippen LogP contribution in [-0.4, -0.2) is 25.7 Å². The molecule has 0 amide bonds. The Morgan fingerprint density at radius 2 is 1.79 bits per heavy atom. The number of benzene rings is 2. The summed E-state index contributed by atoms with van der Waals surface area (Å²) in [7, 11) is -3.28. The number of halogens is 1. The molecule has 0 saturated carbocycles. The second-order valence-corrected chi connectivity index (χ2v) is 8.12. The van der Waals surface area contributed by atoms with Gasteiger partial charge in [-0.3, -0.25) is 0 Å². The summed E-state index contributed by atoms with van der Waals surface area (Å²) in [6.07, 6.45) is 1.93. The molecule has 0 radical (unpaired) electrons. The molecule has 1 atom stereocenters. The number of hydrogen-bond acceptors (Lipinski definition) is 2. The number of rotatable bonds is 6. The van der Waals surface area contributed by atoms with Gasteiger partial charge < -0.3 is 4.98 Å². The van der Waals surface area contributed by atoms with Gasteiger partial charge in [-0.05, 0) is 30.2 Å². The van der Waals surface area contributed by atoms with Crippen LogP contribution in [0.4, 0.5) is 0 Å². The fraction of sp³-hybridized carbons (Fsp3) is 0.222. The van der Waals surface area contributed by atoms with E-state index in [0.717, 1.165) is 22.0 Å². The van der Waals surface area contributed by atoms with Crippen LogP contribution in [0, 0.1) is 0 Å². The number of sulfonamides is 1. The predicted molar refractivity (Wildman–Crippen MR) is 99.1 cm³/mol. The molecular formula is C18H19ClN2O2S. The monoisotopic (exact) mass is 362 g/mol. The summed E-state index contributed by atoms with van der Waals surface area (Å²) in [5.41, 5.74) is 2.95. The summed E-state index contributed by atoms with van der Waals surface area (Å²) in [5.74, 6) is -0.118. The van der Waals surface area contributed by atoms with Crippen LogP contribution in [-0.2, 0) is 10.0 Å².